The molecule has 0 atom stereocenters. The van der Waals surface area contributed by atoms with Gasteiger partial charge in [-0.25, -0.2) is 0 Å². The number of hydrogen-bond donors (Lipinski definition) is 2. The molecule has 6 nitrogen and oxygen atoms in total. The van der Waals surface area contributed by atoms with E-state index in [0.717, 1.165) is 30.9 Å². The lowest BCUT2D eigenvalue weighted by molar-refractivity contribution is -0.116. The van der Waals surface area contributed by atoms with Gasteiger partial charge in [-0.3, -0.25) is 9.59 Å². The van der Waals surface area contributed by atoms with Gasteiger partial charge in [-0.1, -0.05) is 49.9 Å². The number of carbonyl (C=O) groups excluding carboxylic acids is 2. The zero-order valence-corrected chi connectivity index (χ0v) is 20.0. The molecule has 0 aliphatic rings. The predicted molar refractivity (Wildman–Crippen MR) is 136 cm³/mol. The Bertz CT molecular complexity index is 915. The van der Waals surface area contributed by atoms with Crippen LogP contribution in [0.3, 0.4) is 0 Å². The van der Waals surface area contributed by atoms with E-state index in [-0.39, 0.29) is 5.91 Å². The van der Waals surface area contributed by atoms with Gasteiger partial charge in [0, 0.05) is 34.8 Å². The highest BCUT2D eigenvalue weighted by Gasteiger charge is 2.18. The molecule has 0 bridgehead atoms. The second kappa shape index (κ2) is 13.2. The minimum Gasteiger partial charge on any atom is -0.366 e. The number of para-hydroxylation sites is 2. The van der Waals surface area contributed by atoms with E-state index in [9.17, 15) is 9.59 Å². The summed E-state index contributed by atoms with van der Waals surface area (Å²) in [7, 11) is 2.04. The van der Waals surface area contributed by atoms with Gasteiger partial charge in [0.15, 0.2) is 0 Å². The van der Waals surface area contributed by atoms with E-state index >= 15 is 0 Å². The Morgan fingerprint density at radius 3 is 1.94 bits per heavy atom. The largest absolute Gasteiger partial charge is 0.366 e. The molecule has 0 saturated carbocycles. The molecule has 0 aliphatic heterocycles. The molecule has 33 heavy (non-hydrogen) atoms. The van der Waals surface area contributed by atoms with E-state index in [1.807, 2.05) is 67.7 Å². The van der Waals surface area contributed by atoms with Crippen molar-refractivity contribution in [1.82, 2.24) is 10.2 Å². The van der Waals surface area contributed by atoms with Gasteiger partial charge in [0.2, 0.25) is 11.8 Å². The molecular weight excluding hydrogens is 412 g/mol. The fraction of sp³-hybridized carbons (Fsp3) is 0.333. The Morgan fingerprint density at radius 2 is 1.48 bits per heavy atom. The summed E-state index contributed by atoms with van der Waals surface area (Å²) in [5.74, 6) is -0.812. The van der Waals surface area contributed by atoms with Crippen molar-refractivity contribution in [2.75, 3.05) is 31.6 Å². The highest BCUT2D eigenvalue weighted by Crippen LogP contribution is 2.26. The summed E-state index contributed by atoms with van der Waals surface area (Å²) in [5.41, 5.74) is 9.26. The van der Waals surface area contributed by atoms with Crippen molar-refractivity contribution in [2.45, 2.75) is 33.1 Å². The van der Waals surface area contributed by atoms with Gasteiger partial charge in [-0.05, 0) is 70.6 Å². The Kier molecular flexibility index (Phi) is 10.4. The molecule has 0 fully saturated rings. The van der Waals surface area contributed by atoms with Crippen LogP contribution >= 0.6 is 0 Å². The predicted octanol–water partition coefficient (Wildman–Crippen LogP) is 4.38. The Balaban J connectivity index is 2.33. The SMILES string of the molecule is C=C(C)C(=O)NC(CCCN(C)CC)=C(CCN(c1ccccc1)c1ccccc1)C(N)=O. The molecule has 2 aromatic rings. The van der Waals surface area contributed by atoms with E-state index in [1.54, 1.807) is 6.92 Å². The van der Waals surface area contributed by atoms with Crippen molar-refractivity contribution in [1.29, 1.82) is 0 Å². The number of primary amides is 1. The third kappa shape index (κ3) is 8.24. The van der Waals surface area contributed by atoms with Crippen LogP contribution < -0.4 is 16.0 Å². The topological polar surface area (TPSA) is 78.7 Å². The summed E-state index contributed by atoms with van der Waals surface area (Å²) in [4.78, 5) is 29.2. The standard InChI is InChI=1S/C27H36N4O2/c1-5-30(4)19-12-17-25(29-27(33)21(2)3)24(26(28)32)18-20-31(22-13-8-6-9-14-22)23-15-10-7-11-16-23/h6-11,13-16H,2,5,12,17-20H2,1,3-4H3,(H2,28,32)(H,29,33). The van der Waals surface area contributed by atoms with E-state index < -0.39 is 5.91 Å². The Labute approximate surface area is 197 Å². The number of hydrogen-bond acceptors (Lipinski definition) is 4. The van der Waals surface area contributed by atoms with Crippen LogP contribution in [0.25, 0.3) is 0 Å². The highest BCUT2D eigenvalue weighted by atomic mass is 16.2. The average Bonchev–Trinajstić information content (AvgIpc) is 2.82. The molecule has 0 heterocycles. The third-order valence-corrected chi connectivity index (χ3v) is 5.54. The van der Waals surface area contributed by atoms with Crippen LogP contribution in [0.1, 0.15) is 33.1 Å². The minimum absolute atomic E-state index is 0.296. The average molecular weight is 449 g/mol. The number of benzene rings is 2. The zero-order valence-electron chi connectivity index (χ0n) is 20.0. The lowest BCUT2D eigenvalue weighted by Crippen LogP contribution is -2.30. The molecule has 6 heteroatoms. The Hall–Kier alpha value is -3.38. The van der Waals surface area contributed by atoms with Crippen molar-refractivity contribution >= 4 is 23.2 Å². The van der Waals surface area contributed by atoms with Gasteiger partial charge < -0.3 is 20.9 Å². The van der Waals surface area contributed by atoms with Gasteiger partial charge in [0.05, 0.1) is 0 Å². The summed E-state index contributed by atoms with van der Waals surface area (Å²) < 4.78 is 0. The number of nitrogens with zero attached hydrogens (tertiary/aromatic N) is 2. The van der Waals surface area contributed by atoms with Crippen molar-refractivity contribution in [3.63, 3.8) is 0 Å². The number of nitrogens with two attached hydrogens (primary N) is 1. The smallest absolute Gasteiger partial charge is 0.250 e. The molecule has 0 radical (unpaired) electrons. The number of anilines is 2. The van der Waals surface area contributed by atoms with Gasteiger partial charge in [-0.2, -0.15) is 0 Å². The first-order valence-corrected chi connectivity index (χ1v) is 11.4. The van der Waals surface area contributed by atoms with Crippen LogP contribution in [-0.4, -0.2) is 43.4 Å². The second-order valence-corrected chi connectivity index (χ2v) is 8.13. The lowest BCUT2D eigenvalue weighted by atomic mass is 10.0. The first-order chi connectivity index (χ1) is 15.8. The van der Waals surface area contributed by atoms with Gasteiger partial charge in [-0.15, -0.1) is 0 Å². The molecule has 2 aromatic carbocycles. The second-order valence-electron chi connectivity index (χ2n) is 8.13. The van der Waals surface area contributed by atoms with Crippen LogP contribution in [0, 0.1) is 0 Å². The lowest BCUT2D eigenvalue weighted by Gasteiger charge is -2.26. The van der Waals surface area contributed by atoms with E-state index in [2.05, 4.69) is 28.6 Å². The van der Waals surface area contributed by atoms with Crippen molar-refractivity contribution in [3.05, 3.63) is 84.1 Å². The maximum Gasteiger partial charge on any atom is 0.250 e. The van der Waals surface area contributed by atoms with Crippen molar-refractivity contribution in [2.24, 2.45) is 5.73 Å². The fourth-order valence-corrected chi connectivity index (χ4v) is 3.49. The molecule has 0 saturated heterocycles. The number of amides is 2. The summed E-state index contributed by atoms with van der Waals surface area (Å²) in [6, 6.07) is 20.0. The maximum atomic E-state index is 12.5. The number of carbonyl (C=O) groups is 2. The number of rotatable bonds is 13. The van der Waals surface area contributed by atoms with Crippen LogP contribution in [0.5, 0.6) is 0 Å². The van der Waals surface area contributed by atoms with Gasteiger partial charge in [0.1, 0.15) is 0 Å². The first kappa shape index (κ1) is 25.9. The monoisotopic (exact) mass is 448 g/mol. The summed E-state index contributed by atoms with van der Waals surface area (Å²) in [6.45, 7) is 9.79. The molecule has 0 unspecified atom stereocenters. The van der Waals surface area contributed by atoms with Crippen molar-refractivity contribution < 1.29 is 9.59 Å². The first-order valence-electron chi connectivity index (χ1n) is 11.4. The molecule has 0 aromatic heterocycles. The summed E-state index contributed by atoms with van der Waals surface area (Å²) in [5, 5.41) is 2.90. The Morgan fingerprint density at radius 1 is 0.939 bits per heavy atom. The fourth-order valence-electron chi connectivity index (χ4n) is 3.49. The molecular formula is C27H36N4O2. The van der Waals surface area contributed by atoms with Gasteiger partial charge >= 0.3 is 0 Å². The summed E-state index contributed by atoms with van der Waals surface area (Å²) >= 11 is 0. The molecule has 0 aliphatic carbocycles. The molecule has 176 valence electrons. The number of allylic oxidation sites excluding steroid dienone is 1. The van der Waals surface area contributed by atoms with Gasteiger partial charge in [0.25, 0.3) is 0 Å². The normalized spacial score (nSPS) is 11.6. The third-order valence-electron chi connectivity index (χ3n) is 5.54. The molecule has 3 N–H and O–H groups in total. The number of nitrogens with one attached hydrogen (secondary N) is 1. The van der Waals surface area contributed by atoms with Crippen LogP contribution in [0.4, 0.5) is 11.4 Å². The van der Waals surface area contributed by atoms with Crippen LogP contribution in [0.2, 0.25) is 0 Å². The molecule has 2 rings (SSSR count). The molecule has 2 amide bonds. The van der Waals surface area contributed by atoms with E-state index in [0.29, 0.717) is 36.2 Å². The quantitative estimate of drug-likeness (QED) is 0.446. The van der Waals surface area contributed by atoms with E-state index in [4.69, 9.17) is 5.73 Å². The van der Waals surface area contributed by atoms with E-state index in [1.165, 1.54) is 0 Å². The summed E-state index contributed by atoms with van der Waals surface area (Å²) in [6.07, 6.45) is 1.75. The minimum atomic E-state index is -0.517. The zero-order chi connectivity index (χ0) is 24.2. The highest BCUT2D eigenvalue weighted by molar-refractivity contribution is 5.97. The maximum absolute atomic E-state index is 12.5. The van der Waals surface area contributed by atoms with Crippen LogP contribution in [0.15, 0.2) is 84.1 Å². The molecule has 0 spiro atoms. The van der Waals surface area contributed by atoms with Crippen LogP contribution in [-0.2, 0) is 9.59 Å². The van der Waals surface area contributed by atoms with Crippen molar-refractivity contribution in [3.8, 4) is 0 Å².